The van der Waals surface area contributed by atoms with Crippen LogP contribution < -0.4 is 20.3 Å². The minimum absolute atomic E-state index is 0.0120. The maximum absolute atomic E-state index is 12.0. The number of hydrazine groups is 1. The molecule has 2 aromatic carbocycles. The molecular formula is C22H26Br2N2O4. The smallest absolute Gasteiger partial charge is 0.276 e. The molecule has 0 atom stereocenters. The van der Waals surface area contributed by atoms with E-state index in [1.54, 1.807) is 0 Å². The zero-order chi connectivity index (χ0) is 22.5. The van der Waals surface area contributed by atoms with Crippen molar-refractivity contribution in [1.82, 2.24) is 10.9 Å². The second-order valence-corrected chi connectivity index (χ2v) is 9.71. The van der Waals surface area contributed by atoms with Gasteiger partial charge < -0.3 is 9.47 Å². The number of aryl methyl sites for hydroxylation is 2. The minimum Gasteiger partial charge on any atom is -0.483 e. The van der Waals surface area contributed by atoms with E-state index in [-0.39, 0.29) is 18.6 Å². The van der Waals surface area contributed by atoms with Gasteiger partial charge in [-0.25, -0.2) is 0 Å². The van der Waals surface area contributed by atoms with Gasteiger partial charge in [0.05, 0.1) is 4.47 Å². The molecular weight excluding hydrogens is 516 g/mol. The van der Waals surface area contributed by atoms with Crippen LogP contribution in [0.5, 0.6) is 11.5 Å². The van der Waals surface area contributed by atoms with Gasteiger partial charge in [-0.1, -0.05) is 42.8 Å². The molecule has 0 unspecified atom stereocenters. The van der Waals surface area contributed by atoms with Gasteiger partial charge in [0.2, 0.25) is 0 Å². The van der Waals surface area contributed by atoms with Crippen LogP contribution in [-0.4, -0.2) is 25.0 Å². The van der Waals surface area contributed by atoms with E-state index < -0.39 is 11.8 Å². The SMILES string of the molecule is Cc1cc(Br)cc(C)c1OCC(=O)NNC(=O)COc1ccc(C(C)(C)C)cc1Br. The zero-order valence-electron chi connectivity index (χ0n) is 17.7. The molecule has 0 fully saturated rings. The van der Waals surface area contributed by atoms with Crippen molar-refractivity contribution in [3.05, 3.63) is 56.0 Å². The van der Waals surface area contributed by atoms with E-state index in [1.165, 1.54) is 0 Å². The molecule has 0 bridgehead atoms. The fourth-order valence-corrected chi connectivity index (χ4v) is 3.88. The van der Waals surface area contributed by atoms with Gasteiger partial charge in [0.1, 0.15) is 11.5 Å². The third kappa shape index (κ3) is 7.02. The summed E-state index contributed by atoms with van der Waals surface area (Å²) >= 11 is 6.88. The van der Waals surface area contributed by atoms with Gasteiger partial charge in [0.25, 0.3) is 11.8 Å². The molecule has 162 valence electrons. The van der Waals surface area contributed by atoms with Gasteiger partial charge in [-0.05, 0) is 76.1 Å². The largest absolute Gasteiger partial charge is 0.483 e. The summed E-state index contributed by atoms with van der Waals surface area (Å²) in [5, 5.41) is 0. The predicted molar refractivity (Wildman–Crippen MR) is 124 cm³/mol. The van der Waals surface area contributed by atoms with Gasteiger partial charge in [-0.15, -0.1) is 0 Å². The molecule has 2 N–H and O–H groups in total. The summed E-state index contributed by atoms with van der Waals surface area (Å²) in [7, 11) is 0. The summed E-state index contributed by atoms with van der Waals surface area (Å²) in [6.07, 6.45) is 0. The van der Waals surface area contributed by atoms with Crippen LogP contribution in [0, 0.1) is 13.8 Å². The first-order valence-electron chi connectivity index (χ1n) is 9.37. The van der Waals surface area contributed by atoms with Crippen molar-refractivity contribution in [2.45, 2.75) is 40.0 Å². The molecule has 6 nitrogen and oxygen atoms in total. The Hall–Kier alpha value is -2.06. The molecule has 2 aromatic rings. The number of benzene rings is 2. The van der Waals surface area contributed by atoms with Crippen LogP contribution in [0.4, 0.5) is 0 Å². The lowest BCUT2D eigenvalue weighted by atomic mass is 9.87. The third-order valence-electron chi connectivity index (χ3n) is 4.27. The highest BCUT2D eigenvalue weighted by atomic mass is 79.9. The van der Waals surface area contributed by atoms with E-state index in [0.717, 1.165) is 25.6 Å². The highest BCUT2D eigenvalue weighted by Crippen LogP contribution is 2.31. The van der Waals surface area contributed by atoms with Crippen molar-refractivity contribution in [2.75, 3.05) is 13.2 Å². The van der Waals surface area contributed by atoms with E-state index in [0.29, 0.717) is 11.5 Å². The monoisotopic (exact) mass is 540 g/mol. The Morgan fingerprint density at radius 1 is 0.900 bits per heavy atom. The molecule has 2 amide bonds. The molecule has 0 saturated carbocycles. The minimum atomic E-state index is -0.480. The molecule has 30 heavy (non-hydrogen) atoms. The van der Waals surface area contributed by atoms with Crippen LogP contribution >= 0.6 is 31.9 Å². The maximum atomic E-state index is 12.0. The van der Waals surface area contributed by atoms with Gasteiger partial charge in [0, 0.05) is 4.47 Å². The second kappa shape index (κ2) is 10.3. The van der Waals surface area contributed by atoms with Crippen LogP contribution in [0.3, 0.4) is 0 Å². The number of ether oxygens (including phenoxy) is 2. The number of nitrogens with one attached hydrogen (secondary N) is 2. The van der Waals surface area contributed by atoms with Crippen LogP contribution in [0.15, 0.2) is 39.3 Å². The summed E-state index contributed by atoms with van der Waals surface area (Å²) in [6, 6.07) is 9.56. The average Bonchev–Trinajstić information content (AvgIpc) is 2.63. The van der Waals surface area contributed by atoms with Crippen LogP contribution in [-0.2, 0) is 15.0 Å². The Morgan fingerprint density at radius 3 is 1.93 bits per heavy atom. The number of hydrogen-bond acceptors (Lipinski definition) is 4. The number of rotatable bonds is 6. The maximum Gasteiger partial charge on any atom is 0.276 e. The molecule has 0 radical (unpaired) electrons. The van der Waals surface area contributed by atoms with Gasteiger partial charge in [0.15, 0.2) is 13.2 Å². The van der Waals surface area contributed by atoms with Crippen molar-refractivity contribution in [1.29, 1.82) is 0 Å². The van der Waals surface area contributed by atoms with Gasteiger partial charge in [-0.2, -0.15) is 0 Å². The summed E-state index contributed by atoms with van der Waals surface area (Å²) < 4.78 is 12.8. The van der Waals surface area contributed by atoms with E-state index >= 15 is 0 Å². The van der Waals surface area contributed by atoms with Gasteiger partial charge in [-0.3, -0.25) is 20.4 Å². The number of carbonyl (C=O) groups excluding carboxylic acids is 2. The lowest BCUT2D eigenvalue weighted by Crippen LogP contribution is -2.45. The number of halogens is 2. The Bertz CT molecular complexity index is 916. The lowest BCUT2D eigenvalue weighted by Gasteiger charge is -2.20. The average molecular weight is 542 g/mol. The molecule has 0 aliphatic rings. The van der Waals surface area contributed by atoms with Crippen molar-refractivity contribution >= 4 is 43.7 Å². The van der Waals surface area contributed by atoms with E-state index in [4.69, 9.17) is 9.47 Å². The molecule has 0 saturated heterocycles. The fraction of sp³-hybridized carbons (Fsp3) is 0.364. The first-order valence-corrected chi connectivity index (χ1v) is 11.0. The standard InChI is InChI=1S/C22H26Br2N2O4/c1-13-8-16(23)9-14(2)21(13)30-12-20(28)26-25-19(27)11-29-18-7-6-15(10-17(18)24)22(3,4)5/h6-10H,11-12H2,1-5H3,(H,25,27)(H,26,28). The fourth-order valence-electron chi connectivity index (χ4n) is 2.70. The summed E-state index contributed by atoms with van der Waals surface area (Å²) in [4.78, 5) is 23.9. The Balaban J connectivity index is 1.79. The number of carbonyl (C=O) groups is 2. The Kier molecular flexibility index (Phi) is 8.32. The first-order chi connectivity index (χ1) is 14.0. The van der Waals surface area contributed by atoms with Gasteiger partial charge >= 0.3 is 0 Å². The van der Waals surface area contributed by atoms with Crippen molar-refractivity contribution < 1.29 is 19.1 Å². The van der Waals surface area contributed by atoms with Crippen molar-refractivity contribution in [3.8, 4) is 11.5 Å². The topological polar surface area (TPSA) is 76.7 Å². The number of amides is 2. The summed E-state index contributed by atoms with van der Waals surface area (Å²) in [5.41, 5.74) is 7.62. The number of hydrogen-bond donors (Lipinski definition) is 2. The first kappa shape index (κ1) is 24.2. The van der Waals surface area contributed by atoms with Crippen molar-refractivity contribution in [2.24, 2.45) is 0 Å². The normalized spacial score (nSPS) is 11.0. The molecule has 0 heterocycles. The molecule has 0 spiro atoms. The summed E-state index contributed by atoms with van der Waals surface area (Å²) in [6.45, 7) is 9.70. The molecule has 0 aliphatic heterocycles. The van der Waals surface area contributed by atoms with Crippen LogP contribution in [0.2, 0.25) is 0 Å². The van der Waals surface area contributed by atoms with E-state index in [2.05, 4.69) is 63.5 Å². The van der Waals surface area contributed by atoms with E-state index in [1.807, 2.05) is 44.2 Å². The molecule has 0 aliphatic carbocycles. The molecule has 8 heteroatoms. The second-order valence-electron chi connectivity index (χ2n) is 7.94. The highest BCUT2D eigenvalue weighted by molar-refractivity contribution is 9.10. The van der Waals surface area contributed by atoms with Crippen LogP contribution in [0.25, 0.3) is 0 Å². The lowest BCUT2D eigenvalue weighted by molar-refractivity contribution is -0.131. The molecule has 0 aromatic heterocycles. The van der Waals surface area contributed by atoms with Crippen LogP contribution in [0.1, 0.15) is 37.5 Å². The Morgan fingerprint density at radius 2 is 1.43 bits per heavy atom. The quantitative estimate of drug-likeness (QED) is 0.518. The third-order valence-corrected chi connectivity index (χ3v) is 5.35. The highest BCUT2D eigenvalue weighted by Gasteiger charge is 2.16. The zero-order valence-corrected chi connectivity index (χ0v) is 20.9. The Labute approximate surface area is 193 Å². The van der Waals surface area contributed by atoms with E-state index in [9.17, 15) is 9.59 Å². The molecule has 2 rings (SSSR count). The van der Waals surface area contributed by atoms with Crippen molar-refractivity contribution in [3.63, 3.8) is 0 Å². The summed E-state index contributed by atoms with van der Waals surface area (Å²) in [5.74, 6) is 0.243. The predicted octanol–water partition coefficient (Wildman–Crippen LogP) is 4.73.